The lowest BCUT2D eigenvalue weighted by Crippen LogP contribution is -2.44. The van der Waals surface area contributed by atoms with Crippen LogP contribution in [0.3, 0.4) is 0 Å². The zero-order valence-corrected chi connectivity index (χ0v) is 10.6. The third-order valence-corrected chi connectivity index (χ3v) is 2.10. The molecule has 7 nitrogen and oxygen atoms in total. The number of methoxy groups -OCH3 is 1. The van der Waals surface area contributed by atoms with Gasteiger partial charge < -0.3 is 19.8 Å². The molecule has 0 bridgehead atoms. The molecule has 2 N–H and O–H groups in total. The molecule has 7 heteroatoms. The van der Waals surface area contributed by atoms with Gasteiger partial charge in [-0.05, 0) is 13.8 Å². The summed E-state index contributed by atoms with van der Waals surface area (Å²) in [4.78, 5) is 29.7. The van der Waals surface area contributed by atoms with Crippen LogP contribution in [-0.2, 0) is 20.7 Å². The van der Waals surface area contributed by atoms with E-state index in [1.54, 1.807) is 20.0 Å². The SMILES string of the molecule is COC(=O)[C@H](Cc1cnc[nH]1)NC(=O)OC(C)C. The van der Waals surface area contributed by atoms with Gasteiger partial charge in [0.2, 0.25) is 0 Å². The molecule has 0 radical (unpaired) electrons. The summed E-state index contributed by atoms with van der Waals surface area (Å²) in [7, 11) is 1.26. The van der Waals surface area contributed by atoms with Crippen molar-refractivity contribution in [3.63, 3.8) is 0 Å². The van der Waals surface area contributed by atoms with Gasteiger partial charge in [0.25, 0.3) is 0 Å². The normalized spacial score (nSPS) is 12.0. The molecule has 1 heterocycles. The first-order chi connectivity index (χ1) is 8.52. The molecule has 0 spiro atoms. The standard InChI is InChI=1S/C11H17N3O4/c1-7(2)18-11(16)14-9(10(15)17-3)4-8-5-12-6-13-8/h5-7,9H,4H2,1-3H3,(H,12,13)(H,14,16)/t9-/m0/s1. The molecule has 0 saturated carbocycles. The summed E-state index contributed by atoms with van der Waals surface area (Å²) in [5, 5.41) is 2.45. The number of ether oxygens (including phenoxy) is 2. The van der Waals surface area contributed by atoms with E-state index in [2.05, 4.69) is 20.0 Å². The van der Waals surface area contributed by atoms with Crippen molar-refractivity contribution in [1.82, 2.24) is 15.3 Å². The van der Waals surface area contributed by atoms with Crippen LogP contribution in [0.1, 0.15) is 19.5 Å². The lowest BCUT2D eigenvalue weighted by molar-refractivity contribution is -0.143. The predicted molar refractivity (Wildman–Crippen MR) is 62.8 cm³/mol. The largest absolute Gasteiger partial charge is 0.467 e. The van der Waals surface area contributed by atoms with Gasteiger partial charge in [0.15, 0.2) is 0 Å². The van der Waals surface area contributed by atoms with Gasteiger partial charge in [0, 0.05) is 18.3 Å². The number of rotatable bonds is 5. The molecule has 1 atom stereocenters. The number of carbonyl (C=O) groups is 2. The van der Waals surface area contributed by atoms with Crippen molar-refractivity contribution in [2.24, 2.45) is 0 Å². The molecule has 0 aliphatic carbocycles. The highest BCUT2D eigenvalue weighted by molar-refractivity contribution is 5.81. The molecule has 1 aromatic rings. The molecule has 100 valence electrons. The fourth-order valence-corrected chi connectivity index (χ4v) is 1.34. The van der Waals surface area contributed by atoms with E-state index in [1.165, 1.54) is 13.4 Å². The second kappa shape index (κ2) is 6.63. The van der Waals surface area contributed by atoms with E-state index in [9.17, 15) is 9.59 Å². The number of nitrogens with one attached hydrogen (secondary N) is 2. The smallest absolute Gasteiger partial charge is 0.408 e. The van der Waals surface area contributed by atoms with Crippen LogP contribution in [0.4, 0.5) is 4.79 Å². The van der Waals surface area contributed by atoms with E-state index in [1.807, 2.05) is 0 Å². The van der Waals surface area contributed by atoms with Crippen LogP contribution in [-0.4, -0.2) is 41.3 Å². The summed E-state index contributed by atoms with van der Waals surface area (Å²) >= 11 is 0. The number of alkyl carbamates (subject to hydrolysis) is 1. The Balaban J connectivity index is 2.61. The second-order valence-corrected chi connectivity index (χ2v) is 3.96. The first kappa shape index (κ1) is 14.0. The van der Waals surface area contributed by atoms with Crippen molar-refractivity contribution in [2.75, 3.05) is 7.11 Å². The Kier molecular flexibility index (Phi) is 5.16. The highest BCUT2D eigenvalue weighted by Gasteiger charge is 2.23. The van der Waals surface area contributed by atoms with Crippen molar-refractivity contribution in [3.05, 3.63) is 18.2 Å². The quantitative estimate of drug-likeness (QED) is 0.753. The topological polar surface area (TPSA) is 93.3 Å². The van der Waals surface area contributed by atoms with Gasteiger partial charge >= 0.3 is 12.1 Å². The minimum absolute atomic E-state index is 0.254. The molecule has 0 unspecified atom stereocenters. The van der Waals surface area contributed by atoms with Crippen LogP contribution in [0, 0.1) is 0 Å². The molecule has 1 amide bonds. The molecule has 18 heavy (non-hydrogen) atoms. The third-order valence-electron chi connectivity index (χ3n) is 2.10. The fourth-order valence-electron chi connectivity index (χ4n) is 1.34. The van der Waals surface area contributed by atoms with Gasteiger partial charge in [0.05, 0.1) is 19.5 Å². The molecule has 0 fully saturated rings. The number of hydrogen-bond acceptors (Lipinski definition) is 5. The summed E-state index contributed by atoms with van der Waals surface area (Å²) in [5.74, 6) is -0.537. The Bertz CT molecular complexity index is 389. The summed E-state index contributed by atoms with van der Waals surface area (Å²) in [6.07, 6.45) is 2.43. The number of aromatic nitrogens is 2. The Morgan fingerprint density at radius 2 is 2.22 bits per heavy atom. The summed E-state index contributed by atoms with van der Waals surface area (Å²) in [6, 6.07) is -0.804. The van der Waals surface area contributed by atoms with Crippen molar-refractivity contribution >= 4 is 12.1 Å². The highest BCUT2D eigenvalue weighted by Crippen LogP contribution is 2.01. The zero-order valence-electron chi connectivity index (χ0n) is 10.6. The first-order valence-electron chi connectivity index (χ1n) is 5.55. The van der Waals surface area contributed by atoms with E-state index < -0.39 is 18.1 Å². The maximum atomic E-state index is 11.5. The Morgan fingerprint density at radius 3 is 2.72 bits per heavy atom. The highest BCUT2D eigenvalue weighted by atomic mass is 16.6. The van der Waals surface area contributed by atoms with Gasteiger partial charge in [-0.2, -0.15) is 0 Å². The number of nitrogens with zero attached hydrogens (tertiary/aromatic N) is 1. The van der Waals surface area contributed by atoms with E-state index in [-0.39, 0.29) is 12.5 Å². The molecule has 0 aromatic carbocycles. The number of carbonyl (C=O) groups excluding carboxylic acids is 2. The van der Waals surface area contributed by atoms with Gasteiger partial charge in [-0.25, -0.2) is 14.6 Å². The molecule has 0 aliphatic heterocycles. The monoisotopic (exact) mass is 255 g/mol. The Labute approximate surface area is 105 Å². The van der Waals surface area contributed by atoms with E-state index in [0.717, 1.165) is 5.69 Å². The zero-order chi connectivity index (χ0) is 13.5. The van der Waals surface area contributed by atoms with Gasteiger partial charge in [-0.15, -0.1) is 0 Å². The van der Waals surface area contributed by atoms with Crippen molar-refractivity contribution in [3.8, 4) is 0 Å². The Hall–Kier alpha value is -2.05. The second-order valence-electron chi connectivity index (χ2n) is 3.96. The van der Waals surface area contributed by atoms with Crippen LogP contribution in [0.5, 0.6) is 0 Å². The lowest BCUT2D eigenvalue weighted by Gasteiger charge is -2.16. The molecule has 0 aliphatic rings. The number of esters is 1. The van der Waals surface area contributed by atoms with Gasteiger partial charge in [-0.1, -0.05) is 0 Å². The molecule has 1 aromatic heterocycles. The maximum absolute atomic E-state index is 11.5. The molecule has 1 rings (SSSR count). The minimum Gasteiger partial charge on any atom is -0.467 e. The maximum Gasteiger partial charge on any atom is 0.408 e. The lowest BCUT2D eigenvalue weighted by atomic mass is 10.2. The predicted octanol–water partition coefficient (Wildman–Crippen LogP) is 0.628. The van der Waals surface area contributed by atoms with Crippen molar-refractivity contribution in [1.29, 1.82) is 0 Å². The molecular weight excluding hydrogens is 238 g/mol. The minimum atomic E-state index is -0.804. The first-order valence-corrected chi connectivity index (χ1v) is 5.55. The summed E-state index contributed by atoms with van der Waals surface area (Å²) < 4.78 is 9.53. The Morgan fingerprint density at radius 1 is 1.50 bits per heavy atom. The number of hydrogen-bond donors (Lipinski definition) is 2. The number of imidazole rings is 1. The number of H-pyrrole nitrogens is 1. The van der Waals surface area contributed by atoms with E-state index in [0.29, 0.717) is 0 Å². The summed E-state index contributed by atoms with van der Waals surface area (Å²) in [6.45, 7) is 3.45. The van der Waals surface area contributed by atoms with Crippen LogP contribution < -0.4 is 5.32 Å². The molecule has 0 saturated heterocycles. The van der Waals surface area contributed by atoms with Crippen LogP contribution in [0.2, 0.25) is 0 Å². The fraction of sp³-hybridized carbons (Fsp3) is 0.545. The average molecular weight is 255 g/mol. The number of aromatic amines is 1. The van der Waals surface area contributed by atoms with Crippen LogP contribution in [0.25, 0.3) is 0 Å². The van der Waals surface area contributed by atoms with Crippen molar-refractivity contribution < 1.29 is 19.1 Å². The van der Waals surface area contributed by atoms with Gasteiger partial charge in [-0.3, -0.25) is 0 Å². The summed E-state index contributed by atoms with van der Waals surface area (Å²) in [5.41, 5.74) is 0.718. The van der Waals surface area contributed by atoms with Crippen LogP contribution in [0.15, 0.2) is 12.5 Å². The average Bonchev–Trinajstić information content (AvgIpc) is 2.78. The van der Waals surface area contributed by atoms with Crippen molar-refractivity contribution in [2.45, 2.75) is 32.4 Å². The third kappa shape index (κ3) is 4.44. The van der Waals surface area contributed by atoms with Gasteiger partial charge in [0.1, 0.15) is 6.04 Å². The van der Waals surface area contributed by atoms with E-state index in [4.69, 9.17) is 4.74 Å². The molecular formula is C11H17N3O4. The number of amides is 1. The van der Waals surface area contributed by atoms with E-state index >= 15 is 0 Å². The van der Waals surface area contributed by atoms with Crippen LogP contribution >= 0.6 is 0 Å².